The minimum absolute atomic E-state index is 0.240. The lowest BCUT2D eigenvalue weighted by molar-refractivity contribution is -0.146. The fraction of sp³-hybridized carbons (Fsp3) is 0.440. The normalized spacial score (nSPS) is 16.5. The van der Waals surface area contributed by atoms with Crippen LogP contribution in [0.1, 0.15) is 56.2 Å². The molecule has 170 valence electrons. The summed E-state index contributed by atoms with van der Waals surface area (Å²) in [6, 6.07) is 2.16. The second-order valence-electron chi connectivity index (χ2n) is 7.97. The highest BCUT2D eigenvalue weighted by atomic mass is 127. The van der Waals surface area contributed by atoms with E-state index in [9.17, 15) is 15.2 Å². The average molecular weight is 547 g/mol. The number of hydrogen-bond donors (Lipinski definition) is 2. The summed E-state index contributed by atoms with van der Waals surface area (Å²) in [6.45, 7) is 3.75. The van der Waals surface area contributed by atoms with E-state index in [1.165, 1.54) is 6.20 Å². The Kier molecular flexibility index (Phi) is 9.18. The van der Waals surface area contributed by atoms with Gasteiger partial charge >= 0.3 is 5.97 Å². The number of aliphatic hydroxyl groups excluding tert-OH is 1. The molecule has 0 saturated heterocycles. The Hall–Kier alpha value is -2.31. The summed E-state index contributed by atoms with van der Waals surface area (Å²) in [4.78, 5) is 12.7. The maximum absolute atomic E-state index is 12.7. The monoisotopic (exact) mass is 547 g/mol. The molecule has 0 bridgehead atoms. The zero-order chi connectivity index (χ0) is 22.9. The van der Waals surface area contributed by atoms with E-state index in [2.05, 4.69) is 74.0 Å². The molecule has 6 nitrogen and oxygen atoms in total. The van der Waals surface area contributed by atoms with E-state index in [0.29, 0.717) is 25.7 Å². The van der Waals surface area contributed by atoms with Gasteiger partial charge in [0.05, 0.1) is 46.6 Å². The molecule has 0 amide bonds. The zero-order valence-corrected chi connectivity index (χ0v) is 20.4. The number of aromatic nitrogens is 1. The number of esters is 1. The average Bonchev–Trinajstić information content (AvgIpc) is 3.09. The molecule has 2 aliphatic rings. The molecule has 0 saturated carbocycles. The van der Waals surface area contributed by atoms with Crippen molar-refractivity contribution in [3.8, 4) is 6.07 Å². The van der Waals surface area contributed by atoms with Gasteiger partial charge in [0.1, 0.15) is 12.1 Å². The first-order valence-electron chi connectivity index (χ1n) is 11.1. The molecule has 2 aliphatic carbocycles. The number of nitrogens with one attached hydrogen (secondary N) is 1. The molecule has 0 spiro atoms. The van der Waals surface area contributed by atoms with Crippen molar-refractivity contribution in [2.24, 2.45) is 5.92 Å². The van der Waals surface area contributed by atoms with Crippen molar-refractivity contribution in [3.63, 3.8) is 0 Å². The number of nitrogens with zero attached hydrogens (tertiary/aromatic N) is 2. The summed E-state index contributed by atoms with van der Waals surface area (Å²) in [7, 11) is 0. The first kappa shape index (κ1) is 24.3. The van der Waals surface area contributed by atoms with Crippen molar-refractivity contribution in [1.82, 2.24) is 8.10 Å². The third-order valence-corrected chi connectivity index (χ3v) is 6.69. The predicted octanol–water partition coefficient (Wildman–Crippen LogP) is 3.22. The Labute approximate surface area is 203 Å². The van der Waals surface area contributed by atoms with Gasteiger partial charge in [0.2, 0.25) is 0 Å². The Morgan fingerprint density at radius 3 is 2.81 bits per heavy atom. The molecule has 1 heterocycles. The third-order valence-electron chi connectivity index (χ3n) is 5.69. The molecule has 3 rings (SSSR count). The third kappa shape index (κ3) is 5.93. The fourth-order valence-electron chi connectivity index (χ4n) is 4.09. The predicted molar refractivity (Wildman–Crippen MR) is 135 cm³/mol. The van der Waals surface area contributed by atoms with Crippen LogP contribution in [-0.2, 0) is 16.0 Å². The highest BCUT2D eigenvalue weighted by Gasteiger charge is 2.26. The largest absolute Gasteiger partial charge is 0.465 e. The Balaban J connectivity index is 1.72. The maximum atomic E-state index is 12.7. The molecule has 2 N–H and O–H groups in total. The highest BCUT2D eigenvalue weighted by Crippen LogP contribution is 2.26. The number of rotatable bonds is 11. The van der Waals surface area contributed by atoms with Gasteiger partial charge in [-0.15, -0.1) is 0 Å². The number of nitriles is 1. The molecule has 2 unspecified atom stereocenters. The second kappa shape index (κ2) is 12.1. The van der Waals surface area contributed by atoms with Crippen LogP contribution >= 0.6 is 22.9 Å². The summed E-state index contributed by atoms with van der Waals surface area (Å²) >= 11 is 2.33. The molecule has 1 aromatic heterocycles. The van der Waals surface area contributed by atoms with Gasteiger partial charge in [0.25, 0.3) is 0 Å². The number of aliphatic hydroxyl groups is 1. The number of ether oxygens (including phenoxy) is 1. The summed E-state index contributed by atoms with van der Waals surface area (Å²) < 4.78 is 7.57. The van der Waals surface area contributed by atoms with E-state index in [1.807, 2.05) is 0 Å². The Bertz CT molecular complexity index is 1060. The number of allylic oxidation sites excluding steroid dienone is 4. The summed E-state index contributed by atoms with van der Waals surface area (Å²) in [5.41, 5.74) is 3.27. The van der Waals surface area contributed by atoms with Crippen LogP contribution in [-0.4, -0.2) is 26.7 Å². The van der Waals surface area contributed by atoms with Crippen LogP contribution in [0.3, 0.4) is 0 Å². The van der Waals surface area contributed by atoms with Gasteiger partial charge in [-0.2, -0.15) is 5.26 Å². The number of fused-ring (bicyclic) bond motifs is 1. The highest BCUT2D eigenvalue weighted by molar-refractivity contribution is 14.1. The van der Waals surface area contributed by atoms with Crippen molar-refractivity contribution in [3.05, 3.63) is 52.8 Å². The first-order valence-corrected chi connectivity index (χ1v) is 12.1. The fourth-order valence-corrected chi connectivity index (χ4v) is 5.12. The van der Waals surface area contributed by atoms with Gasteiger partial charge in [-0.1, -0.05) is 37.0 Å². The maximum Gasteiger partial charge on any atom is 0.323 e. The minimum atomic E-state index is -0.854. The lowest BCUT2D eigenvalue weighted by Gasteiger charge is -2.14. The van der Waals surface area contributed by atoms with Crippen LogP contribution in [0.15, 0.2) is 31.0 Å². The van der Waals surface area contributed by atoms with E-state index >= 15 is 0 Å². The van der Waals surface area contributed by atoms with E-state index in [1.54, 1.807) is 0 Å². The van der Waals surface area contributed by atoms with Crippen molar-refractivity contribution in [2.75, 3.05) is 6.61 Å². The molecular formula is C25H30IN3O3. The molecule has 0 aromatic carbocycles. The van der Waals surface area contributed by atoms with Crippen molar-refractivity contribution in [2.45, 2.75) is 57.6 Å². The number of hydrogen-bond acceptors (Lipinski definition) is 5. The van der Waals surface area contributed by atoms with E-state index < -0.39 is 18.1 Å². The number of carbonyl (C=O) groups excluding carboxylic acids is 1. The molecular weight excluding hydrogens is 517 g/mol. The van der Waals surface area contributed by atoms with Crippen molar-refractivity contribution in [1.29, 1.82) is 5.26 Å². The van der Waals surface area contributed by atoms with Gasteiger partial charge in [0, 0.05) is 6.42 Å². The Morgan fingerprint density at radius 1 is 1.31 bits per heavy atom. The summed E-state index contributed by atoms with van der Waals surface area (Å²) in [5.74, 6) is -1.33. The number of halogens is 1. The zero-order valence-electron chi connectivity index (χ0n) is 18.2. The Morgan fingerprint density at radius 2 is 2.09 bits per heavy atom. The van der Waals surface area contributed by atoms with Gasteiger partial charge < -0.3 is 15.2 Å². The molecule has 0 radical (unpaired) electrons. The van der Waals surface area contributed by atoms with E-state index in [0.717, 1.165) is 53.1 Å². The van der Waals surface area contributed by atoms with Gasteiger partial charge in [-0.3, -0.25) is 7.58 Å². The second-order valence-corrected chi connectivity index (χ2v) is 8.93. The topological polar surface area (TPSA) is 87.3 Å². The number of carbonyl (C=O) groups is 1. The van der Waals surface area contributed by atoms with E-state index in [4.69, 9.17) is 4.74 Å². The summed E-state index contributed by atoms with van der Waals surface area (Å²) in [6.07, 6.45) is 18.0. The van der Waals surface area contributed by atoms with Crippen LogP contribution in [0.5, 0.6) is 0 Å². The molecule has 2 atom stereocenters. The van der Waals surface area contributed by atoms with Crippen LogP contribution < -0.4 is 15.9 Å². The quantitative estimate of drug-likeness (QED) is 0.192. The smallest absolute Gasteiger partial charge is 0.323 e. The lowest BCUT2D eigenvalue weighted by atomic mass is 9.94. The van der Waals surface area contributed by atoms with Crippen LogP contribution in [0, 0.1) is 17.2 Å². The van der Waals surface area contributed by atoms with Gasteiger partial charge in [-0.25, -0.2) is 0 Å². The van der Waals surface area contributed by atoms with Crippen LogP contribution in [0.25, 0.3) is 17.7 Å². The standard InChI is InChI=1S/C25H30IN3O3/c1-2-28-23(30)14-8-9-15-32-25(31)19(17-27)16-21-20-12-6-7-13-22(20)29(26)24(21)18-10-4-3-5-11-18/h2,4,10-13,19,23,28,30H,1,3,5-9,14-16H2. The van der Waals surface area contributed by atoms with Gasteiger partial charge in [0.15, 0.2) is 0 Å². The molecule has 0 aliphatic heterocycles. The first-order chi connectivity index (χ1) is 15.6. The van der Waals surface area contributed by atoms with Crippen molar-refractivity contribution < 1.29 is 14.6 Å². The SMILES string of the molecule is C=CNC(O)CCCCOC(=O)C(C#N)Cc1c(C2=CCCC=C2)n(I)c2c1=CCCC=2. The minimum Gasteiger partial charge on any atom is -0.465 e. The molecule has 32 heavy (non-hydrogen) atoms. The van der Waals surface area contributed by atoms with Crippen molar-refractivity contribution >= 4 is 46.6 Å². The molecule has 0 fully saturated rings. The van der Waals surface area contributed by atoms with E-state index in [-0.39, 0.29) is 6.61 Å². The van der Waals surface area contributed by atoms with Crippen LogP contribution in [0.2, 0.25) is 0 Å². The molecule has 1 aromatic rings. The van der Waals surface area contributed by atoms with Crippen LogP contribution in [0.4, 0.5) is 0 Å². The molecule has 7 heteroatoms. The lowest BCUT2D eigenvalue weighted by Crippen LogP contribution is -2.30. The van der Waals surface area contributed by atoms with Gasteiger partial charge in [-0.05, 0) is 67.5 Å². The summed E-state index contributed by atoms with van der Waals surface area (Å²) in [5, 5.41) is 24.4. The number of unbranched alkanes of at least 4 members (excludes halogenated alkanes) is 1.